The first-order chi connectivity index (χ1) is 9.74. The van der Waals surface area contributed by atoms with Gasteiger partial charge in [-0.05, 0) is 62.0 Å². The van der Waals surface area contributed by atoms with Crippen LogP contribution in [0.4, 0.5) is 0 Å². The fourth-order valence-electron chi connectivity index (χ4n) is 4.42. The molecule has 1 saturated heterocycles. The van der Waals surface area contributed by atoms with Crippen LogP contribution in [-0.4, -0.2) is 13.1 Å². The number of aryl methyl sites for hydroxylation is 1. The first-order valence-electron chi connectivity index (χ1n) is 8.51. The van der Waals surface area contributed by atoms with Crippen molar-refractivity contribution in [2.45, 2.75) is 51.9 Å². The molecule has 1 nitrogen and oxygen atoms in total. The molecular weight excluding hydrogens is 242 g/mol. The van der Waals surface area contributed by atoms with Crippen LogP contribution in [0.1, 0.15) is 56.1 Å². The van der Waals surface area contributed by atoms with Crippen molar-refractivity contribution in [3.05, 3.63) is 35.4 Å². The largest absolute Gasteiger partial charge is 0.316 e. The maximum atomic E-state index is 3.63. The first kappa shape index (κ1) is 14.1. The van der Waals surface area contributed by atoms with Gasteiger partial charge in [0, 0.05) is 6.54 Å². The van der Waals surface area contributed by atoms with Crippen molar-refractivity contribution in [2.75, 3.05) is 13.1 Å². The minimum atomic E-state index is 0.738. The Morgan fingerprint density at radius 2 is 1.85 bits per heavy atom. The van der Waals surface area contributed by atoms with Crippen molar-refractivity contribution >= 4 is 0 Å². The van der Waals surface area contributed by atoms with E-state index in [-0.39, 0.29) is 0 Å². The van der Waals surface area contributed by atoms with Crippen LogP contribution < -0.4 is 5.32 Å². The van der Waals surface area contributed by atoms with Crippen LogP contribution >= 0.6 is 0 Å². The molecule has 1 heteroatoms. The summed E-state index contributed by atoms with van der Waals surface area (Å²) in [6.45, 7) is 7.05. The molecule has 1 aromatic carbocycles. The SMILES string of the molecule is Cc1cccc(C2CNCCC2C2CCC(C)CC2)c1. The third-order valence-electron chi connectivity index (χ3n) is 5.67. The van der Waals surface area contributed by atoms with E-state index in [0.29, 0.717) is 0 Å². The summed E-state index contributed by atoms with van der Waals surface area (Å²) in [6.07, 6.45) is 7.21. The first-order valence-corrected chi connectivity index (χ1v) is 8.51. The van der Waals surface area contributed by atoms with Crippen LogP contribution in [0, 0.1) is 24.7 Å². The molecule has 0 bridgehead atoms. The molecule has 1 saturated carbocycles. The molecule has 0 aromatic heterocycles. The zero-order valence-electron chi connectivity index (χ0n) is 13.1. The zero-order valence-corrected chi connectivity index (χ0v) is 13.1. The van der Waals surface area contributed by atoms with Crippen molar-refractivity contribution in [2.24, 2.45) is 17.8 Å². The molecule has 1 aliphatic carbocycles. The Hall–Kier alpha value is -0.820. The number of piperidine rings is 1. The highest BCUT2D eigenvalue weighted by molar-refractivity contribution is 5.27. The number of hydrogen-bond acceptors (Lipinski definition) is 1. The van der Waals surface area contributed by atoms with Crippen molar-refractivity contribution < 1.29 is 0 Å². The van der Waals surface area contributed by atoms with Crippen LogP contribution in [-0.2, 0) is 0 Å². The summed E-state index contributed by atoms with van der Waals surface area (Å²) in [4.78, 5) is 0. The monoisotopic (exact) mass is 271 g/mol. The lowest BCUT2D eigenvalue weighted by molar-refractivity contribution is 0.158. The van der Waals surface area contributed by atoms with Crippen LogP contribution in [0.2, 0.25) is 0 Å². The lowest BCUT2D eigenvalue weighted by Crippen LogP contribution is -2.39. The molecule has 0 spiro atoms. The van der Waals surface area contributed by atoms with Gasteiger partial charge < -0.3 is 5.32 Å². The third kappa shape index (κ3) is 3.09. The summed E-state index contributed by atoms with van der Waals surface area (Å²) in [5.41, 5.74) is 2.98. The summed E-state index contributed by atoms with van der Waals surface area (Å²) < 4.78 is 0. The van der Waals surface area contributed by atoms with Crippen molar-refractivity contribution in [3.8, 4) is 0 Å². The Labute approximate surface area is 124 Å². The van der Waals surface area contributed by atoms with E-state index in [4.69, 9.17) is 0 Å². The van der Waals surface area contributed by atoms with E-state index < -0.39 is 0 Å². The van der Waals surface area contributed by atoms with Gasteiger partial charge in [0.2, 0.25) is 0 Å². The smallest absolute Gasteiger partial charge is 0.00229 e. The molecule has 1 N–H and O–H groups in total. The van der Waals surface area contributed by atoms with Gasteiger partial charge >= 0.3 is 0 Å². The summed E-state index contributed by atoms with van der Waals surface area (Å²) in [6, 6.07) is 9.22. The molecule has 0 amide bonds. The summed E-state index contributed by atoms with van der Waals surface area (Å²) in [5, 5.41) is 3.63. The highest BCUT2D eigenvalue weighted by Crippen LogP contribution is 2.42. The summed E-state index contributed by atoms with van der Waals surface area (Å²) in [5.74, 6) is 3.58. The standard InChI is InChI=1S/C19H29N/c1-14-6-8-16(9-7-14)18-10-11-20-13-19(18)17-5-3-4-15(2)12-17/h3-5,12,14,16,18-20H,6-11,13H2,1-2H3. The van der Waals surface area contributed by atoms with Gasteiger partial charge in [-0.3, -0.25) is 0 Å². The molecule has 2 atom stereocenters. The van der Waals surface area contributed by atoms with E-state index in [1.165, 1.54) is 50.8 Å². The van der Waals surface area contributed by atoms with Crippen LogP contribution in [0.25, 0.3) is 0 Å². The number of rotatable bonds is 2. The number of nitrogens with one attached hydrogen (secondary N) is 1. The molecular formula is C19H29N. The van der Waals surface area contributed by atoms with Gasteiger partial charge in [0.15, 0.2) is 0 Å². The maximum Gasteiger partial charge on any atom is 0.00229 e. The second-order valence-corrected chi connectivity index (χ2v) is 7.20. The van der Waals surface area contributed by atoms with E-state index in [1.54, 1.807) is 5.56 Å². The lowest BCUT2D eigenvalue weighted by atomic mass is 9.68. The predicted octanol–water partition coefficient (Wildman–Crippen LogP) is 4.51. The molecule has 1 aliphatic heterocycles. The van der Waals surface area contributed by atoms with Crippen LogP contribution in [0.5, 0.6) is 0 Å². The predicted molar refractivity (Wildman–Crippen MR) is 86.0 cm³/mol. The van der Waals surface area contributed by atoms with Crippen molar-refractivity contribution in [1.29, 1.82) is 0 Å². The molecule has 1 aromatic rings. The van der Waals surface area contributed by atoms with Gasteiger partial charge in [0.25, 0.3) is 0 Å². The second kappa shape index (κ2) is 6.30. The minimum absolute atomic E-state index is 0.738. The minimum Gasteiger partial charge on any atom is -0.316 e. The molecule has 2 aliphatic rings. The van der Waals surface area contributed by atoms with Gasteiger partial charge in [-0.25, -0.2) is 0 Å². The van der Waals surface area contributed by atoms with E-state index in [2.05, 4.69) is 43.4 Å². The molecule has 2 fully saturated rings. The summed E-state index contributed by atoms with van der Waals surface area (Å²) in [7, 11) is 0. The number of hydrogen-bond donors (Lipinski definition) is 1. The van der Waals surface area contributed by atoms with Crippen LogP contribution in [0.15, 0.2) is 24.3 Å². The Morgan fingerprint density at radius 3 is 2.60 bits per heavy atom. The number of benzene rings is 1. The normalized spacial score (nSPS) is 34.9. The van der Waals surface area contributed by atoms with Crippen molar-refractivity contribution in [3.63, 3.8) is 0 Å². The maximum absolute atomic E-state index is 3.63. The van der Waals surface area contributed by atoms with E-state index >= 15 is 0 Å². The van der Waals surface area contributed by atoms with E-state index in [1.807, 2.05) is 0 Å². The average molecular weight is 271 g/mol. The van der Waals surface area contributed by atoms with Crippen molar-refractivity contribution in [1.82, 2.24) is 5.32 Å². The molecule has 2 unspecified atom stereocenters. The molecule has 0 radical (unpaired) electrons. The Bertz CT molecular complexity index is 431. The van der Waals surface area contributed by atoms with Gasteiger partial charge in [-0.15, -0.1) is 0 Å². The Kier molecular flexibility index (Phi) is 4.45. The highest BCUT2D eigenvalue weighted by Gasteiger charge is 2.34. The van der Waals surface area contributed by atoms with Crippen LogP contribution in [0.3, 0.4) is 0 Å². The fourth-order valence-corrected chi connectivity index (χ4v) is 4.42. The second-order valence-electron chi connectivity index (χ2n) is 7.20. The summed E-state index contributed by atoms with van der Waals surface area (Å²) >= 11 is 0. The van der Waals surface area contributed by atoms with E-state index in [0.717, 1.165) is 23.7 Å². The quantitative estimate of drug-likeness (QED) is 0.834. The lowest BCUT2D eigenvalue weighted by Gasteiger charge is -2.40. The third-order valence-corrected chi connectivity index (χ3v) is 5.67. The van der Waals surface area contributed by atoms with Gasteiger partial charge in [-0.1, -0.05) is 49.6 Å². The highest BCUT2D eigenvalue weighted by atomic mass is 14.9. The Balaban J connectivity index is 1.77. The molecule has 3 rings (SSSR count). The van der Waals surface area contributed by atoms with Gasteiger partial charge in [0.05, 0.1) is 0 Å². The topological polar surface area (TPSA) is 12.0 Å². The molecule has 20 heavy (non-hydrogen) atoms. The van der Waals surface area contributed by atoms with Gasteiger partial charge in [0.1, 0.15) is 0 Å². The van der Waals surface area contributed by atoms with Gasteiger partial charge in [-0.2, -0.15) is 0 Å². The fraction of sp³-hybridized carbons (Fsp3) is 0.684. The molecule has 1 heterocycles. The Morgan fingerprint density at radius 1 is 1.05 bits per heavy atom. The van der Waals surface area contributed by atoms with E-state index in [9.17, 15) is 0 Å². The molecule has 110 valence electrons. The zero-order chi connectivity index (χ0) is 13.9. The average Bonchev–Trinajstić information content (AvgIpc) is 2.48.